The van der Waals surface area contributed by atoms with Gasteiger partial charge in [-0.2, -0.15) is 10.1 Å². The summed E-state index contributed by atoms with van der Waals surface area (Å²) in [4.78, 5) is 17.0. The zero-order valence-corrected chi connectivity index (χ0v) is 14.8. The number of hydrogen-bond acceptors (Lipinski definition) is 8. The number of nitrogens with one attached hydrogen (secondary N) is 3. The van der Waals surface area contributed by atoms with Crippen LogP contribution in [0.5, 0.6) is 0 Å². The van der Waals surface area contributed by atoms with Gasteiger partial charge in [-0.25, -0.2) is 19.3 Å². The van der Waals surface area contributed by atoms with Crippen LogP contribution in [0.3, 0.4) is 0 Å². The maximum atomic E-state index is 13.0. The highest BCUT2D eigenvalue weighted by atomic mass is 32.1. The lowest BCUT2D eigenvalue weighted by Gasteiger charge is -2.13. The summed E-state index contributed by atoms with van der Waals surface area (Å²) in [6.07, 6.45) is 2.27. The van der Waals surface area contributed by atoms with Crippen LogP contribution >= 0.6 is 11.3 Å². The van der Waals surface area contributed by atoms with E-state index < -0.39 is 5.82 Å². The number of aryl methyl sites for hydroxylation is 1. The zero-order valence-electron chi connectivity index (χ0n) is 14.0. The average molecular weight is 370 g/mol. The van der Waals surface area contributed by atoms with Crippen LogP contribution in [0.2, 0.25) is 0 Å². The van der Waals surface area contributed by atoms with Gasteiger partial charge < -0.3 is 10.6 Å². The van der Waals surface area contributed by atoms with Gasteiger partial charge in [0.15, 0.2) is 17.5 Å². The molecule has 0 fully saturated rings. The molecule has 0 aromatic carbocycles. The fourth-order valence-corrected chi connectivity index (χ4v) is 3.20. The first-order valence-corrected chi connectivity index (χ1v) is 8.75. The van der Waals surface area contributed by atoms with Crippen molar-refractivity contribution in [3.63, 3.8) is 0 Å². The van der Waals surface area contributed by atoms with Crippen LogP contribution in [0.1, 0.15) is 24.5 Å². The van der Waals surface area contributed by atoms with Crippen molar-refractivity contribution in [3.05, 3.63) is 47.2 Å². The first kappa shape index (κ1) is 16.3. The minimum atomic E-state index is -0.474. The maximum Gasteiger partial charge on any atom is 0.225 e. The number of rotatable bonds is 5. The Hall–Kier alpha value is -3.14. The van der Waals surface area contributed by atoms with E-state index in [1.807, 2.05) is 31.4 Å². The smallest absolute Gasteiger partial charge is 0.225 e. The molecule has 0 aliphatic carbocycles. The van der Waals surface area contributed by atoms with Gasteiger partial charge in [-0.3, -0.25) is 5.10 Å². The van der Waals surface area contributed by atoms with E-state index in [4.69, 9.17) is 0 Å². The first-order chi connectivity index (χ1) is 12.6. The normalized spacial score (nSPS) is 12.3. The van der Waals surface area contributed by atoms with E-state index in [1.165, 1.54) is 0 Å². The summed E-state index contributed by atoms with van der Waals surface area (Å²) in [5, 5.41) is 15.4. The molecule has 4 rings (SSSR count). The molecule has 0 bridgehead atoms. The second-order valence-electron chi connectivity index (χ2n) is 5.72. The number of anilines is 3. The molecule has 1 atom stereocenters. The maximum absolute atomic E-state index is 13.0. The lowest BCUT2D eigenvalue weighted by molar-refractivity contribution is 0.604. The second kappa shape index (κ2) is 6.64. The molecule has 4 aromatic rings. The molecular formula is C16H15FN8S. The van der Waals surface area contributed by atoms with Crippen molar-refractivity contribution in [2.75, 3.05) is 10.6 Å². The van der Waals surface area contributed by atoms with E-state index >= 15 is 0 Å². The van der Waals surface area contributed by atoms with Gasteiger partial charge in [-0.15, -0.1) is 11.3 Å². The van der Waals surface area contributed by atoms with Gasteiger partial charge in [0.2, 0.25) is 5.95 Å². The van der Waals surface area contributed by atoms with Gasteiger partial charge in [0.25, 0.3) is 0 Å². The summed E-state index contributed by atoms with van der Waals surface area (Å²) in [6.45, 7) is 3.79. The van der Waals surface area contributed by atoms with Crippen molar-refractivity contribution >= 4 is 39.1 Å². The lowest BCUT2D eigenvalue weighted by atomic mass is 10.3. The summed E-state index contributed by atoms with van der Waals surface area (Å²) in [5.74, 6) is 1.74. The standard InChI is InChI=1S/C16H15FN8S/c1-8-5-12(25-24-8)22-15-13-11(3-4-26-13)21-16(23-15)20-9(2)14-18-6-10(17)7-19-14/h3-7,9H,1-2H3,(H3,20,21,22,23,24,25)/t9-/m0/s1. The predicted molar refractivity (Wildman–Crippen MR) is 98.1 cm³/mol. The minimum absolute atomic E-state index is 0.285. The molecule has 0 saturated carbocycles. The predicted octanol–water partition coefficient (Wildman–Crippen LogP) is 3.57. The average Bonchev–Trinajstić information content (AvgIpc) is 3.24. The summed E-state index contributed by atoms with van der Waals surface area (Å²) in [5.41, 5.74) is 1.76. The van der Waals surface area contributed by atoms with Crippen molar-refractivity contribution in [3.8, 4) is 0 Å². The Morgan fingerprint density at radius 2 is 2.04 bits per heavy atom. The van der Waals surface area contributed by atoms with Gasteiger partial charge in [-0.05, 0) is 25.3 Å². The molecule has 10 heteroatoms. The quantitative estimate of drug-likeness (QED) is 0.493. The molecule has 0 amide bonds. The van der Waals surface area contributed by atoms with Crippen LogP contribution in [-0.4, -0.2) is 30.1 Å². The van der Waals surface area contributed by atoms with E-state index in [-0.39, 0.29) is 6.04 Å². The topological polar surface area (TPSA) is 104 Å². The molecule has 4 heterocycles. The number of fused-ring (bicyclic) bond motifs is 1. The van der Waals surface area contributed by atoms with E-state index in [9.17, 15) is 4.39 Å². The third kappa shape index (κ3) is 3.31. The first-order valence-electron chi connectivity index (χ1n) is 7.87. The molecule has 3 N–H and O–H groups in total. The minimum Gasteiger partial charge on any atom is -0.344 e. The summed E-state index contributed by atoms with van der Waals surface area (Å²) >= 11 is 1.55. The Labute approximate surface area is 152 Å². The Kier molecular flexibility index (Phi) is 4.17. The van der Waals surface area contributed by atoms with Crippen LogP contribution in [0.4, 0.5) is 22.0 Å². The number of thiophene rings is 1. The molecule has 132 valence electrons. The van der Waals surface area contributed by atoms with Gasteiger partial charge in [0.1, 0.15) is 5.82 Å². The van der Waals surface area contributed by atoms with Crippen molar-refractivity contribution in [2.45, 2.75) is 19.9 Å². The molecule has 0 unspecified atom stereocenters. The molecule has 0 aliphatic rings. The number of hydrogen-bond donors (Lipinski definition) is 3. The Balaban J connectivity index is 1.63. The second-order valence-corrected chi connectivity index (χ2v) is 6.63. The van der Waals surface area contributed by atoms with E-state index in [1.54, 1.807) is 11.3 Å². The third-order valence-corrected chi connectivity index (χ3v) is 4.54. The fraction of sp³-hybridized carbons (Fsp3) is 0.188. The number of aromatic amines is 1. The van der Waals surface area contributed by atoms with Gasteiger partial charge >= 0.3 is 0 Å². The van der Waals surface area contributed by atoms with Gasteiger partial charge in [0.05, 0.1) is 28.7 Å². The van der Waals surface area contributed by atoms with Gasteiger partial charge in [0, 0.05) is 11.8 Å². The molecule has 8 nitrogen and oxygen atoms in total. The number of aromatic nitrogens is 6. The van der Waals surface area contributed by atoms with Crippen LogP contribution in [0.15, 0.2) is 29.9 Å². The number of nitrogens with zero attached hydrogens (tertiary/aromatic N) is 5. The molecule has 0 radical (unpaired) electrons. The van der Waals surface area contributed by atoms with E-state index in [2.05, 4.69) is 40.8 Å². The van der Waals surface area contributed by atoms with E-state index in [0.29, 0.717) is 23.4 Å². The van der Waals surface area contributed by atoms with Crippen LogP contribution in [-0.2, 0) is 0 Å². The molecule has 0 saturated heterocycles. The highest BCUT2D eigenvalue weighted by molar-refractivity contribution is 7.17. The highest BCUT2D eigenvalue weighted by Gasteiger charge is 2.14. The number of H-pyrrole nitrogens is 1. The molecule has 26 heavy (non-hydrogen) atoms. The SMILES string of the molecule is Cc1cc(Nc2nc(N[C@@H](C)c3ncc(F)cn3)nc3ccsc23)n[nH]1. The highest BCUT2D eigenvalue weighted by Crippen LogP contribution is 2.30. The van der Waals surface area contributed by atoms with Crippen molar-refractivity contribution in [1.82, 2.24) is 30.1 Å². The molecule has 0 spiro atoms. The molecular weight excluding hydrogens is 355 g/mol. The Morgan fingerprint density at radius 1 is 1.23 bits per heavy atom. The summed E-state index contributed by atoms with van der Waals surface area (Å²) < 4.78 is 13.9. The van der Waals surface area contributed by atoms with Gasteiger partial charge in [-0.1, -0.05) is 0 Å². The molecule has 4 aromatic heterocycles. The Bertz CT molecular complexity index is 1040. The van der Waals surface area contributed by atoms with Crippen LogP contribution < -0.4 is 10.6 Å². The summed E-state index contributed by atoms with van der Waals surface area (Å²) in [7, 11) is 0. The zero-order chi connectivity index (χ0) is 18.1. The number of halogens is 1. The van der Waals surface area contributed by atoms with Crippen molar-refractivity contribution < 1.29 is 4.39 Å². The third-order valence-electron chi connectivity index (χ3n) is 3.63. The van der Waals surface area contributed by atoms with Crippen LogP contribution in [0.25, 0.3) is 10.2 Å². The summed E-state index contributed by atoms with van der Waals surface area (Å²) in [6, 6.07) is 3.53. The van der Waals surface area contributed by atoms with E-state index in [0.717, 1.165) is 28.3 Å². The Morgan fingerprint density at radius 3 is 2.77 bits per heavy atom. The fourth-order valence-electron chi connectivity index (χ4n) is 2.42. The monoisotopic (exact) mass is 370 g/mol. The van der Waals surface area contributed by atoms with Crippen molar-refractivity contribution in [1.29, 1.82) is 0 Å². The molecule has 0 aliphatic heterocycles. The van der Waals surface area contributed by atoms with Crippen LogP contribution in [0, 0.1) is 12.7 Å². The lowest BCUT2D eigenvalue weighted by Crippen LogP contribution is -2.13. The van der Waals surface area contributed by atoms with Crippen molar-refractivity contribution in [2.24, 2.45) is 0 Å². The largest absolute Gasteiger partial charge is 0.344 e.